The summed E-state index contributed by atoms with van der Waals surface area (Å²) in [7, 11) is 1.54. The Morgan fingerprint density at radius 1 is 1.16 bits per heavy atom. The number of carbonyl (C=O) groups excluding carboxylic acids is 1. The van der Waals surface area contributed by atoms with Gasteiger partial charge in [-0.2, -0.15) is 13.2 Å². The van der Waals surface area contributed by atoms with Crippen molar-refractivity contribution in [2.24, 2.45) is 7.05 Å². The van der Waals surface area contributed by atoms with Crippen molar-refractivity contribution in [1.82, 2.24) is 14.8 Å². The van der Waals surface area contributed by atoms with Crippen LogP contribution in [0, 0.1) is 0 Å². The number of nitrogens with zero attached hydrogens (tertiary/aromatic N) is 3. The number of nitrogens with two attached hydrogens (primary N) is 1. The Balaban J connectivity index is 2.03. The zero-order valence-electron chi connectivity index (χ0n) is 17.9. The lowest BCUT2D eigenvalue weighted by Gasteiger charge is -2.27. The van der Waals surface area contributed by atoms with E-state index in [2.05, 4.69) is 10.2 Å². The molecule has 1 atom stereocenters. The highest BCUT2D eigenvalue weighted by Gasteiger charge is 2.36. The smallest absolute Gasteiger partial charge is 0.417 e. The van der Waals surface area contributed by atoms with E-state index >= 15 is 0 Å². The summed E-state index contributed by atoms with van der Waals surface area (Å²) in [4.78, 5) is 12.4. The number of halogens is 3. The fraction of sp³-hybridized carbons (Fsp3) is 0.318. The zero-order valence-corrected chi connectivity index (χ0v) is 17.9. The highest BCUT2D eigenvalue weighted by Crippen LogP contribution is 2.37. The van der Waals surface area contributed by atoms with Gasteiger partial charge in [-0.25, -0.2) is 0 Å². The molecule has 0 fully saturated rings. The van der Waals surface area contributed by atoms with Crippen LogP contribution in [0.3, 0.4) is 0 Å². The van der Waals surface area contributed by atoms with Crippen molar-refractivity contribution >= 4 is 11.5 Å². The van der Waals surface area contributed by atoms with E-state index in [0.29, 0.717) is 5.69 Å². The van der Waals surface area contributed by atoms with Crippen molar-refractivity contribution in [1.29, 1.82) is 0 Å². The summed E-state index contributed by atoms with van der Waals surface area (Å²) in [5, 5.41) is 17.8. The maximum absolute atomic E-state index is 13.5. The monoisotopic (exact) mass is 448 g/mol. The first-order valence-corrected chi connectivity index (χ1v) is 9.70. The van der Waals surface area contributed by atoms with Crippen molar-refractivity contribution in [3.05, 3.63) is 59.4 Å². The van der Waals surface area contributed by atoms with Gasteiger partial charge in [0.2, 0.25) is 0 Å². The number of rotatable bonds is 6. The van der Waals surface area contributed by atoms with Crippen molar-refractivity contribution < 1.29 is 27.8 Å². The van der Waals surface area contributed by atoms with Gasteiger partial charge in [0.05, 0.1) is 11.1 Å². The van der Waals surface area contributed by atoms with E-state index in [4.69, 9.17) is 10.5 Å². The molecule has 0 saturated heterocycles. The number of ketones is 1. The molecule has 170 valence electrons. The number of carbonyl (C=O) groups is 1. The molecule has 0 radical (unpaired) electrons. The van der Waals surface area contributed by atoms with Crippen molar-refractivity contribution in [2.45, 2.75) is 38.7 Å². The predicted molar refractivity (Wildman–Crippen MR) is 112 cm³/mol. The molecule has 0 amide bonds. The minimum atomic E-state index is -4.56. The van der Waals surface area contributed by atoms with Gasteiger partial charge in [0.15, 0.2) is 23.0 Å². The fourth-order valence-corrected chi connectivity index (χ4v) is 3.39. The van der Waals surface area contributed by atoms with Crippen LogP contribution in [0.15, 0.2) is 42.5 Å². The average Bonchev–Trinajstić information content (AvgIpc) is 3.10. The number of hydrogen-bond donors (Lipinski definition) is 2. The van der Waals surface area contributed by atoms with Crippen molar-refractivity contribution in [3.63, 3.8) is 0 Å². The van der Waals surface area contributed by atoms with Crippen LogP contribution in [0.25, 0.3) is 11.4 Å². The number of ether oxygens (including phenoxy) is 1. The molecule has 1 unspecified atom stereocenters. The number of hydrogen-bond acceptors (Lipinski definition) is 6. The summed E-state index contributed by atoms with van der Waals surface area (Å²) in [6.07, 6.45) is -5.84. The van der Waals surface area contributed by atoms with Crippen LogP contribution in [0.2, 0.25) is 0 Å². The summed E-state index contributed by atoms with van der Waals surface area (Å²) in [6, 6.07) is 9.51. The van der Waals surface area contributed by atoms with E-state index in [9.17, 15) is 23.1 Å². The number of anilines is 1. The number of alkyl halides is 3. The van der Waals surface area contributed by atoms with Gasteiger partial charge in [0.25, 0.3) is 0 Å². The van der Waals surface area contributed by atoms with Gasteiger partial charge in [0.1, 0.15) is 11.9 Å². The Bertz CT molecular complexity index is 1150. The quantitative estimate of drug-likeness (QED) is 0.437. The van der Waals surface area contributed by atoms with E-state index in [-0.39, 0.29) is 28.5 Å². The number of aromatic nitrogens is 3. The molecule has 0 aliphatic heterocycles. The molecule has 0 aliphatic rings. The third-order valence-corrected chi connectivity index (χ3v) is 4.90. The second-order valence-corrected chi connectivity index (χ2v) is 7.86. The second-order valence-electron chi connectivity index (χ2n) is 7.86. The van der Waals surface area contributed by atoms with Gasteiger partial charge >= 0.3 is 6.18 Å². The molecule has 0 spiro atoms. The molecule has 0 aliphatic carbocycles. The molecule has 10 heteroatoms. The summed E-state index contributed by atoms with van der Waals surface area (Å²) in [5.41, 5.74) is 4.02. The Morgan fingerprint density at radius 2 is 1.81 bits per heavy atom. The summed E-state index contributed by atoms with van der Waals surface area (Å²) in [6.45, 7) is 4.61. The lowest BCUT2D eigenvalue weighted by atomic mass is 10.0. The van der Waals surface area contributed by atoms with Gasteiger partial charge in [0, 0.05) is 18.3 Å². The molecule has 3 rings (SSSR count). The van der Waals surface area contributed by atoms with E-state index in [1.165, 1.54) is 54.9 Å². The third kappa shape index (κ3) is 4.45. The maximum atomic E-state index is 13.5. The minimum absolute atomic E-state index is 0.0159. The molecule has 0 bridgehead atoms. The molecular formula is C22H23F3N4O3. The number of Topliss-reactive ketones (excluding diaryl/α,β-unsaturated/α-hetero) is 1. The fourth-order valence-electron chi connectivity index (χ4n) is 3.39. The van der Waals surface area contributed by atoms with Crippen LogP contribution >= 0.6 is 0 Å². The highest BCUT2D eigenvalue weighted by atomic mass is 19.4. The maximum Gasteiger partial charge on any atom is 0.417 e. The van der Waals surface area contributed by atoms with E-state index < -0.39 is 29.2 Å². The van der Waals surface area contributed by atoms with Crippen molar-refractivity contribution in [3.8, 4) is 17.1 Å². The Morgan fingerprint density at radius 3 is 2.44 bits per heavy atom. The summed E-state index contributed by atoms with van der Waals surface area (Å²) >= 11 is 0. The van der Waals surface area contributed by atoms with Crippen LogP contribution in [0.5, 0.6) is 5.75 Å². The first-order chi connectivity index (χ1) is 14.8. The number of aliphatic hydroxyl groups is 1. The summed E-state index contributed by atoms with van der Waals surface area (Å²) in [5.74, 6) is -0.185. The lowest BCUT2D eigenvalue weighted by molar-refractivity contribution is -0.137. The Kier molecular flexibility index (Phi) is 6.01. The highest BCUT2D eigenvalue weighted by molar-refractivity contribution is 6.02. The van der Waals surface area contributed by atoms with Crippen LogP contribution in [0.4, 0.5) is 18.9 Å². The Labute approximate surface area is 182 Å². The average molecular weight is 448 g/mol. The molecule has 7 nitrogen and oxygen atoms in total. The van der Waals surface area contributed by atoms with Gasteiger partial charge in [-0.05, 0) is 45.0 Å². The number of nitrogen functional groups attached to an aromatic ring is 1. The molecule has 32 heavy (non-hydrogen) atoms. The van der Waals surface area contributed by atoms with Gasteiger partial charge in [-0.1, -0.05) is 18.2 Å². The molecule has 1 heterocycles. The van der Waals surface area contributed by atoms with E-state index in [1.807, 2.05) is 0 Å². The second kappa shape index (κ2) is 8.27. The van der Waals surface area contributed by atoms with Gasteiger partial charge in [-0.15, -0.1) is 10.2 Å². The topological polar surface area (TPSA) is 103 Å². The normalized spacial score (nSPS) is 13.1. The van der Waals surface area contributed by atoms with E-state index in [1.54, 1.807) is 13.8 Å². The van der Waals surface area contributed by atoms with Crippen LogP contribution < -0.4 is 10.5 Å². The standard InChI is InChI=1S/C22H23F3N4O3/c1-12(30)18(31)15-11-13(26)9-10-17(15)32-21(2,3)20-28-27-19(29(20)4)14-7-5-6-8-16(14)22(23,24)25/h5-12,30H,26H2,1-4H3. The third-order valence-electron chi connectivity index (χ3n) is 4.90. The molecule has 2 aromatic carbocycles. The first-order valence-electron chi connectivity index (χ1n) is 9.70. The van der Waals surface area contributed by atoms with Crippen molar-refractivity contribution in [2.75, 3.05) is 5.73 Å². The molecule has 3 aromatic rings. The van der Waals surface area contributed by atoms with Crippen LogP contribution in [-0.4, -0.2) is 31.8 Å². The molecular weight excluding hydrogens is 425 g/mol. The zero-order chi connectivity index (χ0) is 23.8. The Hall–Kier alpha value is -3.40. The minimum Gasteiger partial charge on any atom is -0.479 e. The SMILES string of the molecule is CC(O)C(=O)c1cc(N)ccc1OC(C)(C)c1nnc(-c2ccccc2C(F)(F)F)n1C. The molecule has 3 N–H and O–H groups in total. The molecule has 0 saturated carbocycles. The largest absolute Gasteiger partial charge is 0.479 e. The predicted octanol–water partition coefficient (Wildman–Crippen LogP) is 3.96. The van der Waals surface area contributed by atoms with E-state index in [0.717, 1.165) is 6.07 Å². The van der Waals surface area contributed by atoms with Crippen LogP contribution in [0.1, 0.15) is 42.5 Å². The lowest BCUT2D eigenvalue weighted by Crippen LogP contribution is -2.30. The summed E-state index contributed by atoms with van der Waals surface area (Å²) < 4.78 is 47.9. The molecule has 1 aromatic heterocycles. The number of benzene rings is 2. The van der Waals surface area contributed by atoms with Gasteiger partial charge < -0.3 is 20.1 Å². The first kappa shape index (κ1) is 23.3. The van der Waals surface area contributed by atoms with Crippen LogP contribution in [-0.2, 0) is 18.8 Å². The number of aliphatic hydroxyl groups excluding tert-OH is 1. The van der Waals surface area contributed by atoms with Gasteiger partial charge in [-0.3, -0.25) is 4.79 Å².